The van der Waals surface area contributed by atoms with E-state index in [1.165, 1.54) is 148 Å². The van der Waals surface area contributed by atoms with E-state index < -0.39 is 39.1 Å². The van der Waals surface area contributed by atoms with Gasteiger partial charge in [-0.15, -0.1) is 0 Å². The molecule has 0 aliphatic rings. The van der Waals surface area contributed by atoms with Crippen molar-refractivity contribution in [1.82, 2.24) is 0 Å². The molecule has 2 atom stereocenters. The summed E-state index contributed by atoms with van der Waals surface area (Å²) >= 11 is 0. The molecule has 0 spiro atoms. The standard InChI is InChI=1S/C41H78NO8P/c1-3-5-7-9-11-13-15-17-19-21-23-25-27-29-31-33-40(43)47-37-39(38-49-51(45,46)48-36-35-42)50-41(44)34-32-30-28-26-24-22-20-18-16-14-12-10-8-6-4-2/h39H,3-34,36-38H2,1-2H3,(H,45,46)/t39-/m1/s1. The average Bonchev–Trinajstić information content (AvgIpc) is 3.11. The van der Waals surface area contributed by atoms with Crippen LogP contribution in [0.1, 0.15) is 219 Å². The maximum Gasteiger partial charge on any atom is 0.473 e. The van der Waals surface area contributed by atoms with E-state index in [-0.39, 0.29) is 19.4 Å². The molecule has 51 heavy (non-hydrogen) atoms. The largest absolute Gasteiger partial charge is 0.473 e. The normalized spacial score (nSPS) is 13.1. The van der Waals surface area contributed by atoms with Crippen molar-refractivity contribution >= 4 is 19.8 Å². The Labute approximate surface area is 313 Å². The lowest BCUT2D eigenvalue weighted by molar-refractivity contribution is -0.161. The van der Waals surface area contributed by atoms with Crippen molar-refractivity contribution in [3.63, 3.8) is 0 Å². The van der Waals surface area contributed by atoms with E-state index in [0.29, 0.717) is 6.42 Å². The maximum atomic E-state index is 12.5. The van der Waals surface area contributed by atoms with Gasteiger partial charge in [0.25, 0.3) is 0 Å². The number of phosphoric acid groups is 1. The first-order chi connectivity index (χ1) is 24.8. The van der Waals surface area contributed by atoms with E-state index in [4.69, 9.17) is 19.3 Å². The third kappa shape index (κ3) is 38.1. The van der Waals surface area contributed by atoms with Gasteiger partial charge in [-0.05, 0) is 12.8 Å². The fraction of sp³-hybridized carbons (Fsp3) is 0.927. The molecule has 0 aromatic carbocycles. The van der Waals surface area contributed by atoms with E-state index in [1.54, 1.807) is 6.07 Å². The minimum absolute atomic E-state index is 0.212. The second kappa shape index (κ2) is 38.3. The number of unbranched alkanes of at least 4 members (excludes halogenated alkanes) is 28. The van der Waals surface area contributed by atoms with Gasteiger partial charge in [-0.2, -0.15) is 5.26 Å². The smallest absolute Gasteiger partial charge is 0.462 e. The molecule has 300 valence electrons. The van der Waals surface area contributed by atoms with E-state index in [2.05, 4.69) is 18.4 Å². The lowest BCUT2D eigenvalue weighted by Crippen LogP contribution is -2.29. The van der Waals surface area contributed by atoms with Gasteiger partial charge >= 0.3 is 19.8 Å². The van der Waals surface area contributed by atoms with Crippen molar-refractivity contribution in [1.29, 1.82) is 5.26 Å². The maximum absolute atomic E-state index is 12.5. The summed E-state index contributed by atoms with van der Waals surface area (Å²) in [5, 5.41) is 8.62. The predicted molar refractivity (Wildman–Crippen MR) is 207 cm³/mol. The molecule has 0 radical (unpaired) electrons. The number of carbonyl (C=O) groups excluding carboxylic acids is 2. The van der Waals surface area contributed by atoms with Crippen LogP contribution in [-0.2, 0) is 32.7 Å². The third-order valence-corrected chi connectivity index (χ3v) is 10.3. The summed E-state index contributed by atoms with van der Waals surface area (Å²) in [6, 6.07) is 1.61. The summed E-state index contributed by atoms with van der Waals surface area (Å²) < 4.78 is 32.3. The number of nitrogens with zero attached hydrogens (tertiary/aromatic N) is 1. The van der Waals surface area contributed by atoms with Crippen LogP contribution in [0.15, 0.2) is 0 Å². The van der Waals surface area contributed by atoms with Gasteiger partial charge in [0.15, 0.2) is 6.10 Å². The number of phosphoric ester groups is 1. The highest BCUT2D eigenvalue weighted by atomic mass is 31.2. The van der Waals surface area contributed by atoms with E-state index in [9.17, 15) is 19.0 Å². The van der Waals surface area contributed by atoms with Crippen molar-refractivity contribution in [2.45, 2.75) is 225 Å². The van der Waals surface area contributed by atoms with Crippen molar-refractivity contribution in [3.05, 3.63) is 0 Å². The zero-order valence-electron chi connectivity index (χ0n) is 33.0. The molecule has 0 aliphatic heterocycles. The van der Waals surface area contributed by atoms with Crippen LogP contribution >= 0.6 is 7.82 Å². The van der Waals surface area contributed by atoms with Crippen LogP contribution in [-0.4, -0.2) is 42.8 Å². The molecule has 1 unspecified atom stereocenters. The van der Waals surface area contributed by atoms with Crippen molar-refractivity contribution in [2.24, 2.45) is 0 Å². The Morgan fingerprint density at radius 2 is 0.863 bits per heavy atom. The number of hydrogen-bond acceptors (Lipinski definition) is 8. The van der Waals surface area contributed by atoms with Crippen molar-refractivity contribution in [2.75, 3.05) is 19.8 Å². The molecule has 0 rings (SSSR count). The number of ether oxygens (including phenoxy) is 2. The Balaban J connectivity index is 4.12. The average molecular weight is 744 g/mol. The number of nitriles is 1. The quantitative estimate of drug-likeness (QED) is 0.0370. The minimum Gasteiger partial charge on any atom is -0.462 e. The lowest BCUT2D eigenvalue weighted by Gasteiger charge is -2.19. The van der Waals surface area contributed by atoms with Gasteiger partial charge in [0.2, 0.25) is 0 Å². The Morgan fingerprint density at radius 3 is 1.22 bits per heavy atom. The third-order valence-electron chi connectivity index (χ3n) is 9.41. The Hall–Kier alpha value is -1.46. The Kier molecular flexibility index (Phi) is 37.2. The van der Waals surface area contributed by atoms with E-state index >= 15 is 0 Å². The fourth-order valence-electron chi connectivity index (χ4n) is 6.23. The lowest BCUT2D eigenvalue weighted by atomic mass is 10.0. The van der Waals surface area contributed by atoms with Gasteiger partial charge in [0.05, 0.1) is 12.7 Å². The molecular weight excluding hydrogens is 665 g/mol. The molecule has 0 heterocycles. The SMILES string of the molecule is CCCCCCCCCCCCCCCCCC(=O)OC[C@H](COP(=O)(O)OCC#N)OC(=O)CCCCCCCCCCCCCCCCC. The first-order valence-electron chi connectivity index (χ1n) is 21.2. The predicted octanol–water partition coefficient (Wildman–Crippen LogP) is 12.6. The molecule has 0 fully saturated rings. The first kappa shape index (κ1) is 49.5. The molecule has 0 saturated carbocycles. The van der Waals surface area contributed by atoms with Crippen LogP contribution < -0.4 is 0 Å². The Morgan fingerprint density at radius 1 is 0.529 bits per heavy atom. The van der Waals surface area contributed by atoms with Crippen LogP contribution in [0.25, 0.3) is 0 Å². The number of hydrogen-bond donors (Lipinski definition) is 1. The van der Waals surface area contributed by atoms with Crippen LogP contribution in [0, 0.1) is 11.3 Å². The summed E-state index contributed by atoms with van der Waals surface area (Å²) in [4.78, 5) is 34.7. The summed E-state index contributed by atoms with van der Waals surface area (Å²) in [7, 11) is -4.51. The summed E-state index contributed by atoms with van der Waals surface area (Å²) in [6.45, 7) is 3.12. The highest BCUT2D eigenvalue weighted by Crippen LogP contribution is 2.43. The first-order valence-corrected chi connectivity index (χ1v) is 22.7. The molecule has 1 N–H and O–H groups in total. The zero-order valence-corrected chi connectivity index (χ0v) is 33.9. The Bertz CT molecular complexity index is 880. The van der Waals surface area contributed by atoms with Gasteiger partial charge in [0.1, 0.15) is 13.2 Å². The van der Waals surface area contributed by atoms with Crippen LogP contribution in [0.3, 0.4) is 0 Å². The topological polar surface area (TPSA) is 132 Å². The fourth-order valence-corrected chi connectivity index (χ4v) is 6.88. The molecule has 0 saturated heterocycles. The molecule has 0 aromatic rings. The monoisotopic (exact) mass is 744 g/mol. The molecule has 10 heteroatoms. The van der Waals surface area contributed by atoms with Gasteiger partial charge in [-0.25, -0.2) is 4.57 Å². The molecule has 0 aromatic heterocycles. The van der Waals surface area contributed by atoms with Gasteiger partial charge in [-0.1, -0.05) is 194 Å². The number of esters is 2. The highest BCUT2D eigenvalue weighted by Gasteiger charge is 2.26. The van der Waals surface area contributed by atoms with E-state index in [0.717, 1.165) is 38.5 Å². The second-order valence-electron chi connectivity index (χ2n) is 14.4. The second-order valence-corrected chi connectivity index (χ2v) is 15.8. The van der Waals surface area contributed by atoms with Gasteiger partial charge in [-0.3, -0.25) is 18.6 Å². The molecule has 0 amide bonds. The minimum atomic E-state index is -4.51. The zero-order chi connectivity index (χ0) is 37.5. The van der Waals surface area contributed by atoms with Gasteiger partial charge < -0.3 is 14.4 Å². The van der Waals surface area contributed by atoms with Crippen LogP contribution in [0.4, 0.5) is 0 Å². The molecular formula is C41H78NO8P. The van der Waals surface area contributed by atoms with Crippen molar-refractivity contribution in [3.8, 4) is 6.07 Å². The molecule has 0 aliphatic carbocycles. The molecule has 0 bridgehead atoms. The van der Waals surface area contributed by atoms with Crippen molar-refractivity contribution < 1.29 is 37.6 Å². The van der Waals surface area contributed by atoms with Gasteiger partial charge in [0, 0.05) is 12.8 Å². The number of rotatable bonds is 40. The van der Waals surface area contributed by atoms with E-state index in [1.807, 2.05) is 0 Å². The summed E-state index contributed by atoms with van der Waals surface area (Å²) in [5.41, 5.74) is 0. The highest BCUT2D eigenvalue weighted by molar-refractivity contribution is 7.47. The molecule has 9 nitrogen and oxygen atoms in total. The van der Waals surface area contributed by atoms with Crippen LogP contribution in [0.2, 0.25) is 0 Å². The summed E-state index contributed by atoms with van der Waals surface area (Å²) in [6.07, 6.45) is 36.6. The summed E-state index contributed by atoms with van der Waals surface area (Å²) in [5.74, 6) is -0.872. The number of carbonyl (C=O) groups is 2. The van der Waals surface area contributed by atoms with Crippen LogP contribution in [0.5, 0.6) is 0 Å².